The van der Waals surface area contributed by atoms with Crippen molar-refractivity contribution < 1.29 is 23.9 Å². The molecule has 0 spiro atoms. The minimum atomic E-state index is -0.573. The average molecular weight is 559 g/mol. The van der Waals surface area contributed by atoms with Crippen LogP contribution in [0.2, 0.25) is 0 Å². The number of piperidine rings is 1. The maximum atomic E-state index is 12.7. The Morgan fingerprint density at radius 1 is 1.02 bits per heavy atom. The maximum Gasteiger partial charge on any atom is 0.319 e. The minimum absolute atomic E-state index is 0.0228. The molecule has 41 heavy (non-hydrogen) atoms. The van der Waals surface area contributed by atoms with Crippen LogP contribution >= 0.6 is 0 Å². The van der Waals surface area contributed by atoms with E-state index >= 15 is 0 Å². The number of carbonyl (C=O) groups is 1. The van der Waals surface area contributed by atoms with E-state index in [-0.39, 0.29) is 29.0 Å². The molecule has 2 N–H and O–H groups in total. The lowest BCUT2D eigenvalue weighted by atomic mass is 10.0. The topological polar surface area (TPSA) is 141 Å². The molecule has 2 heterocycles. The zero-order valence-corrected chi connectivity index (χ0v) is 22.7. The highest BCUT2D eigenvalue weighted by molar-refractivity contribution is 5.92. The minimum Gasteiger partial charge on any atom is -0.493 e. The van der Waals surface area contributed by atoms with E-state index in [0.717, 1.165) is 32.5 Å². The van der Waals surface area contributed by atoms with Crippen LogP contribution in [0.4, 0.5) is 16.2 Å². The van der Waals surface area contributed by atoms with Crippen molar-refractivity contribution in [1.29, 1.82) is 0 Å². The fraction of sp³-hybridized carbons (Fsp3) is 0.276. The van der Waals surface area contributed by atoms with E-state index < -0.39 is 11.0 Å². The number of ether oxygens (including phenoxy) is 3. The van der Waals surface area contributed by atoms with Crippen molar-refractivity contribution in [3.63, 3.8) is 0 Å². The Labute approximate surface area is 236 Å². The molecular weight excluding hydrogens is 528 g/mol. The van der Waals surface area contributed by atoms with Crippen LogP contribution in [0.3, 0.4) is 0 Å². The van der Waals surface area contributed by atoms with Crippen molar-refractivity contribution in [3.8, 4) is 23.1 Å². The van der Waals surface area contributed by atoms with E-state index in [0.29, 0.717) is 22.4 Å². The second kappa shape index (κ2) is 12.5. The number of nitro benzene ring substituents is 1. The Morgan fingerprint density at radius 2 is 1.76 bits per heavy atom. The number of hydrogen-bond acceptors (Lipinski definition) is 9. The van der Waals surface area contributed by atoms with Crippen molar-refractivity contribution in [2.24, 2.45) is 0 Å². The fourth-order valence-electron chi connectivity index (χ4n) is 4.80. The number of carbonyl (C=O) groups excluding carboxylic acids is 1. The number of urea groups is 1. The maximum absolute atomic E-state index is 12.7. The summed E-state index contributed by atoms with van der Waals surface area (Å²) in [6.07, 6.45) is 2.90. The highest BCUT2D eigenvalue weighted by atomic mass is 16.6. The van der Waals surface area contributed by atoms with E-state index in [1.807, 2.05) is 18.2 Å². The SMILES string of the molecule is COc1cc2ncnc(Oc3ccc(NC(=O)NC4CCN(Cc5ccccc5)CC4)c([N+](=O)[O-])c3)c2cc1OC. The second-order valence-electron chi connectivity index (χ2n) is 9.58. The average Bonchev–Trinajstić information content (AvgIpc) is 2.98. The number of hydrogen-bond donors (Lipinski definition) is 2. The Kier molecular flexibility index (Phi) is 8.39. The van der Waals surface area contributed by atoms with Crippen LogP contribution in [-0.4, -0.2) is 59.2 Å². The molecule has 0 saturated carbocycles. The van der Waals surface area contributed by atoms with Gasteiger partial charge in [-0.3, -0.25) is 15.0 Å². The lowest BCUT2D eigenvalue weighted by molar-refractivity contribution is -0.384. The predicted molar refractivity (Wildman–Crippen MR) is 153 cm³/mol. The van der Waals surface area contributed by atoms with Gasteiger partial charge in [-0.05, 0) is 36.6 Å². The van der Waals surface area contributed by atoms with Crippen molar-refractivity contribution in [1.82, 2.24) is 20.2 Å². The molecule has 12 heteroatoms. The number of anilines is 1. The fourth-order valence-corrected chi connectivity index (χ4v) is 4.80. The normalized spacial score (nSPS) is 13.9. The first kappa shape index (κ1) is 27.6. The summed E-state index contributed by atoms with van der Waals surface area (Å²) in [5, 5.41) is 18.0. The molecule has 0 atom stereocenters. The van der Waals surface area contributed by atoms with Crippen LogP contribution in [0.15, 0.2) is 67.0 Å². The van der Waals surface area contributed by atoms with E-state index in [9.17, 15) is 14.9 Å². The van der Waals surface area contributed by atoms with Crippen LogP contribution in [0, 0.1) is 10.1 Å². The number of nitro groups is 1. The van der Waals surface area contributed by atoms with Gasteiger partial charge in [0.2, 0.25) is 5.88 Å². The van der Waals surface area contributed by atoms with Crippen LogP contribution in [0.1, 0.15) is 18.4 Å². The number of benzene rings is 3. The standard InChI is InChI=1S/C29H30N6O6/c1-39-26-15-22-24(16-27(26)40-2)30-18-31-28(22)41-21-8-9-23(25(14-21)35(37)38)33-29(36)32-20-10-12-34(13-11-20)17-19-6-4-3-5-7-19/h3-9,14-16,18,20H,10-13,17H2,1-2H3,(H2,32,33,36). The first-order chi connectivity index (χ1) is 19.9. The summed E-state index contributed by atoms with van der Waals surface area (Å²) < 4.78 is 16.6. The van der Waals surface area contributed by atoms with Crippen molar-refractivity contribution >= 4 is 28.3 Å². The molecule has 3 aromatic carbocycles. The van der Waals surface area contributed by atoms with Crippen molar-refractivity contribution in [3.05, 3.63) is 82.7 Å². The zero-order chi connectivity index (χ0) is 28.8. The van der Waals surface area contributed by atoms with Gasteiger partial charge in [0.1, 0.15) is 17.8 Å². The molecule has 1 saturated heterocycles. The third-order valence-corrected chi connectivity index (χ3v) is 6.90. The summed E-state index contributed by atoms with van der Waals surface area (Å²) in [6.45, 7) is 2.57. The number of rotatable bonds is 9. The number of nitrogens with zero attached hydrogens (tertiary/aromatic N) is 4. The van der Waals surface area contributed by atoms with Gasteiger partial charge in [0, 0.05) is 31.7 Å². The molecule has 12 nitrogen and oxygen atoms in total. The van der Waals surface area contributed by atoms with Gasteiger partial charge >= 0.3 is 6.03 Å². The Morgan fingerprint density at radius 3 is 2.46 bits per heavy atom. The molecule has 1 fully saturated rings. The monoisotopic (exact) mass is 558 g/mol. The summed E-state index contributed by atoms with van der Waals surface area (Å²) >= 11 is 0. The Hall–Kier alpha value is -4.97. The third kappa shape index (κ3) is 6.61. The van der Waals surface area contributed by atoms with Crippen LogP contribution < -0.4 is 24.8 Å². The lowest BCUT2D eigenvalue weighted by Crippen LogP contribution is -2.45. The van der Waals surface area contributed by atoms with Gasteiger partial charge in [-0.2, -0.15) is 0 Å². The zero-order valence-electron chi connectivity index (χ0n) is 22.7. The van der Waals surface area contributed by atoms with E-state index in [2.05, 4.69) is 37.6 Å². The number of amides is 2. The van der Waals surface area contributed by atoms with E-state index in [1.54, 1.807) is 12.1 Å². The molecule has 0 aliphatic carbocycles. The van der Waals surface area contributed by atoms with Gasteiger partial charge < -0.3 is 24.8 Å². The first-order valence-corrected chi connectivity index (χ1v) is 13.1. The summed E-state index contributed by atoms with van der Waals surface area (Å²) in [4.78, 5) is 34.8. The van der Waals surface area contributed by atoms with Crippen molar-refractivity contribution in [2.45, 2.75) is 25.4 Å². The van der Waals surface area contributed by atoms with E-state index in [1.165, 1.54) is 44.3 Å². The summed E-state index contributed by atoms with van der Waals surface area (Å²) in [6, 6.07) is 17.3. The molecule has 1 aliphatic rings. The molecule has 5 rings (SSSR count). The van der Waals surface area contributed by atoms with Gasteiger partial charge in [-0.15, -0.1) is 0 Å². The highest BCUT2D eigenvalue weighted by Crippen LogP contribution is 2.37. The molecule has 0 bridgehead atoms. The molecule has 212 valence electrons. The van der Waals surface area contributed by atoms with Crippen molar-refractivity contribution in [2.75, 3.05) is 32.6 Å². The smallest absolute Gasteiger partial charge is 0.319 e. The van der Waals surface area contributed by atoms with Gasteiger partial charge in [0.15, 0.2) is 11.5 Å². The van der Waals surface area contributed by atoms with Gasteiger partial charge in [0.05, 0.1) is 36.1 Å². The van der Waals surface area contributed by atoms with Crippen LogP contribution in [-0.2, 0) is 6.54 Å². The predicted octanol–water partition coefficient (Wildman–Crippen LogP) is 5.13. The Bertz CT molecular complexity index is 1540. The lowest BCUT2D eigenvalue weighted by Gasteiger charge is -2.32. The summed E-state index contributed by atoms with van der Waals surface area (Å²) in [5.41, 5.74) is 1.54. The largest absolute Gasteiger partial charge is 0.493 e. The van der Waals surface area contributed by atoms with Gasteiger partial charge in [0.25, 0.3) is 5.69 Å². The number of likely N-dealkylation sites (tertiary alicyclic amines) is 1. The molecule has 1 aromatic heterocycles. The van der Waals surface area contributed by atoms with Crippen LogP contribution in [0.5, 0.6) is 23.1 Å². The number of methoxy groups -OCH3 is 2. The molecule has 0 unspecified atom stereocenters. The molecule has 0 radical (unpaired) electrons. The van der Waals surface area contributed by atoms with E-state index in [4.69, 9.17) is 14.2 Å². The third-order valence-electron chi connectivity index (χ3n) is 6.90. The number of fused-ring (bicyclic) bond motifs is 1. The molecule has 1 aliphatic heterocycles. The quantitative estimate of drug-likeness (QED) is 0.211. The summed E-state index contributed by atoms with van der Waals surface area (Å²) in [7, 11) is 3.03. The number of nitrogens with one attached hydrogen (secondary N) is 2. The first-order valence-electron chi connectivity index (χ1n) is 13.1. The Balaban J connectivity index is 1.23. The summed E-state index contributed by atoms with van der Waals surface area (Å²) in [5.74, 6) is 1.30. The highest BCUT2D eigenvalue weighted by Gasteiger charge is 2.23. The van der Waals surface area contributed by atoms with Crippen LogP contribution in [0.25, 0.3) is 10.9 Å². The second-order valence-corrected chi connectivity index (χ2v) is 9.58. The number of aromatic nitrogens is 2. The molecular formula is C29H30N6O6. The molecule has 2 amide bonds. The molecule has 4 aromatic rings. The van der Waals surface area contributed by atoms with Gasteiger partial charge in [-0.25, -0.2) is 14.8 Å². The van der Waals surface area contributed by atoms with Gasteiger partial charge in [-0.1, -0.05) is 30.3 Å².